The lowest BCUT2D eigenvalue weighted by atomic mass is 9.90. The molecule has 0 N–H and O–H groups in total. The molecule has 2 rings (SSSR count). The molecule has 1 atom stereocenters. The maximum absolute atomic E-state index is 9.65. The van der Waals surface area contributed by atoms with Gasteiger partial charge in [-0.15, -0.1) is 0 Å². The summed E-state index contributed by atoms with van der Waals surface area (Å²) in [4.78, 5) is 2.34. The summed E-state index contributed by atoms with van der Waals surface area (Å²) in [5.74, 6) is 0.893. The van der Waals surface area contributed by atoms with Crippen LogP contribution in [-0.4, -0.2) is 30.1 Å². The fraction of sp³-hybridized carbons (Fsp3) is 0.588. The Morgan fingerprint density at radius 3 is 2.70 bits per heavy atom. The molecule has 1 aromatic carbocycles. The van der Waals surface area contributed by atoms with E-state index in [1.807, 2.05) is 19.1 Å². The predicted molar refractivity (Wildman–Crippen MR) is 80.8 cm³/mol. The van der Waals surface area contributed by atoms with Gasteiger partial charge in [0.2, 0.25) is 0 Å². The fourth-order valence-electron chi connectivity index (χ4n) is 2.92. The molecule has 108 valence electrons. The van der Waals surface area contributed by atoms with Crippen molar-refractivity contribution in [2.45, 2.75) is 45.1 Å². The summed E-state index contributed by atoms with van der Waals surface area (Å²) >= 11 is 0. The number of hydrogen-bond acceptors (Lipinski definition) is 3. The molecule has 1 fully saturated rings. The second kappa shape index (κ2) is 6.76. The van der Waals surface area contributed by atoms with E-state index >= 15 is 0 Å². The Morgan fingerprint density at radius 2 is 2.05 bits per heavy atom. The summed E-state index contributed by atoms with van der Waals surface area (Å²) in [5, 5.41) is 9.65. The third-order valence-corrected chi connectivity index (χ3v) is 4.05. The number of piperidine rings is 1. The molecule has 0 aromatic heterocycles. The van der Waals surface area contributed by atoms with E-state index in [1.165, 1.54) is 24.8 Å². The van der Waals surface area contributed by atoms with Crippen LogP contribution in [0.4, 0.5) is 0 Å². The van der Waals surface area contributed by atoms with Gasteiger partial charge in [-0.25, -0.2) is 0 Å². The van der Waals surface area contributed by atoms with Crippen molar-refractivity contribution in [3.63, 3.8) is 0 Å². The van der Waals surface area contributed by atoms with Crippen LogP contribution in [0.5, 0.6) is 5.75 Å². The molecule has 0 aliphatic carbocycles. The molecule has 0 saturated carbocycles. The molecular formula is C17H24N2O. The molecule has 0 amide bonds. The zero-order valence-corrected chi connectivity index (χ0v) is 12.6. The van der Waals surface area contributed by atoms with Crippen LogP contribution in [0.25, 0.3) is 0 Å². The first-order valence-corrected chi connectivity index (χ1v) is 7.56. The summed E-state index contributed by atoms with van der Waals surface area (Å²) in [6, 6.07) is 10.7. The van der Waals surface area contributed by atoms with Crippen molar-refractivity contribution in [3.8, 4) is 11.8 Å². The highest BCUT2D eigenvalue weighted by molar-refractivity contribution is 5.31. The minimum Gasteiger partial charge on any atom is -0.494 e. The molecule has 3 nitrogen and oxygen atoms in total. The summed E-state index contributed by atoms with van der Waals surface area (Å²) in [7, 11) is 0. The second-order valence-electron chi connectivity index (χ2n) is 5.69. The van der Waals surface area contributed by atoms with Crippen LogP contribution < -0.4 is 4.74 Å². The van der Waals surface area contributed by atoms with Crippen molar-refractivity contribution >= 4 is 0 Å². The quantitative estimate of drug-likeness (QED) is 0.824. The van der Waals surface area contributed by atoms with Gasteiger partial charge in [0.1, 0.15) is 11.3 Å². The van der Waals surface area contributed by atoms with Gasteiger partial charge in [0.25, 0.3) is 0 Å². The van der Waals surface area contributed by atoms with Crippen molar-refractivity contribution in [2.75, 3.05) is 19.7 Å². The van der Waals surface area contributed by atoms with Gasteiger partial charge in [-0.2, -0.15) is 5.26 Å². The first kappa shape index (κ1) is 14.9. The zero-order chi connectivity index (χ0) is 14.4. The highest BCUT2D eigenvalue weighted by Gasteiger charge is 2.32. The van der Waals surface area contributed by atoms with Crippen LogP contribution in [0.1, 0.15) is 38.7 Å². The highest BCUT2D eigenvalue weighted by atomic mass is 16.5. The number of ether oxygens (including phenoxy) is 1. The van der Waals surface area contributed by atoms with E-state index in [9.17, 15) is 5.26 Å². The molecule has 20 heavy (non-hydrogen) atoms. The van der Waals surface area contributed by atoms with Crippen molar-refractivity contribution < 1.29 is 4.74 Å². The first-order valence-electron chi connectivity index (χ1n) is 7.56. The molecule has 3 heteroatoms. The Morgan fingerprint density at radius 1 is 1.30 bits per heavy atom. The standard InChI is InChI=1S/C17H24N2O/c1-3-20-16-9-7-8-15(12-16)13-17(2,14-18)19-10-5-4-6-11-19/h7-9,12H,3-6,10-11,13H2,1-2H3. The Kier molecular flexibility index (Phi) is 5.03. The number of rotatable bonds is 5. The van der Waals surface area contributed by atoms with E-state index in [1.54, 1.807) is 0 Å². The normalized spacial score (nSPS) is 19.1. The second-order valence-corrected chi connectivity index (χ2v) is 5.69. The first-order chi connectivity index (χ1) is 9.68. The third-order valence-electron chi connectivity index (χ3n) is 4.05. The van der Waals surface area contributed by atoms with Crippen LogP contribution in [0.2, 0.25) is 0 Å². The van der Waals surface area contributed by atoms with Gasteiger partial charge in [-0.3, -0.25) is 4.90 Å². The van der Waals surface area contributed by atoms with E-state index in [2.05, 4.69) is 30.0 Å². The van der Waals surface area contributed by atoms with E-state index < -0.39 is 5.54 Å². The summed E-state index contributed by atoms with van der Waals surface area (Å²) in [5.41, 5.74) is 0.760. The Balaban J connectivity index is 2.12. The average molecular weight is 272 g/mol. The predicted octanol–water partition coefficient (Wildman–Crippen LogP) is 3.40. The maximum atomic E-state index is 9.65. The monoisotopic (exact) mass is 272 g/mol. The minimum absolute atomic E-state index is 0.411. The summed E-state index contributed by atoms with van der Waals surface area (Å²) < 4.78 is 5.54. The van der Waals surface area contributed by atoms with Gasteiger partial charge in [0, 0.05) is 6.42 Å². The number of nitriles is 1. The smallest absolute Gasteiger partial charge is 0.119 e. The molecule has 0 radical (unpaired) electrons. The number of benzene rings is 1. The Hall–Kier alpha value is -1.53. The highest BCUT2D eigenvalue weighted by Crippen LogP contribution is 2.26. The summed E-state index contributed by atoms with van der Waals surface area (Å²) in [6.07, 6.45) is 4.45. The zero-order valence-electron chi connectivity index (χ0n) is 12.6. The lowest BCUT2D eigenvalue weighted by molar-refractivity contribution is 0.124. The van der Waals surface area contributed by atoms with Gasteiger partial charge in [0.05, 0.1) is 12.7 Å². The Labute approximate surface area is 122 Å². The number of likely N-dealkylation sites (tertiary alicyclic amines) is 1. The van der Waals surface area contributed by atoms with Crippen molar-refractivity contribution in [1.82, 2.24) is 4.90 Å². The van der Waals surface area contributed by atoms with Crippen molar-refractivity contribution in [2.24, 2.45) is 0 Å². The van der Waals surface area contributed by atoms with Crippen LogP contribution in [0.15, 0.2) is 24.3 Å². The van der Waals surface area contributed by atoms with E-state index in [4.69, 9.17) is 4.74 Å². The number of nitrogens with zero attached hydrogens (tertiary/aromatic N) is 2. The van der Waals surface area contributed by atoms with E-state index in [-0.39, 0.29) is 0 Å². The summed E-state index contributed by atoms with van der Waals surface area (Å²) in [6.45, 7) is 6.79. The van der Waals surface area contributed by atoms with Gasteiger partial charge in [0.15, 0.2) is 0 Å². The lowest BCUT2D eigenvalue weighted by Gasteiger charge is -2.38. The number of hydrogen-bond donors (Lipinski definition) is 0. The molecule has 1 saturated heterocycles. The van der Waals surface area contributed by atoms with E-state index in [0.29, 0.717) is 6.61 Å². The van der Waals surface area contributed by atoms with Gasteiger partial charge in [-0.1, -0.05) is 18.6 Å². The van der Waals surface area contributed by atoms with Gasteiger partial charge < -0.3 is 4.74 Å². The van der Waals surface area contributed by atoms with E-state index in [0.717, 1.165) is 25.3 Å². The van der Waals surface area contributed by atoms with Crippen LogP contribution in [0, 0.1) is 11.3 Å². The SMILES string of the molecule is CCOc1cccc(CC(C)(C#N)N2CCCCC2)c1. The molecular weight excluding hydrogens is 248 g/mol. The third kappa shape index (κ3) is 3.52. The van der Waals surface area contributed by atoms with Crippen molar-refractivity contribution in [3.05, 3.63) is 29.8 Å². The molecule has 0 bridgehead atoms. The fourth-order valence-corrected chi connectivity index (χ4v) is 2.92. The van der Waals surface area contributed by atoms with Crippen LogP contribution in [0.3, 0.4) is 0 Å². The molecule has 1 aromatic rings. The van der Waals surface area contributed by atoms with Gasteiger partial charge in [-0.05, 0) is 57.5 Å². The molecule has 0 spiro atoms. The molecule has 1 unspecified atom stereocenters. The van der Waals surface area contributed by atoms with Crippen molar-refractivity contribution in [1.29, 1.82) is 5.26 Å². The molecule has 1 aliphatic rings. The molecule has 1 aliphatic heterocycles. The average Bonchev–Trinajstić information content (AvgIpc) is 2.49. The minimum atomic E-state index is -0.411. The van der Waals surface area contributed by atoms with Crippen LogP contribution >= 0.6 is 0 Å². The van der Waals surface area contributed by atoms with Crippen LogP contribution in [-0.2, 0) is 6.42 Å². The van der Waals surface area contributed by atoms with Gasteiger partial charge >= 0.3 is 0 Å². The maximum Gasteiger partial charge on any atom is 0.119 e. The molecule has 1 heterocycles. The topological polar surface area (TPSA) is 36.3 Å². The largest absolute Gasteiger partial charge is 0.494 e. The lowest BCUT2D eigenvalue weighted by Crippen LogP contribution is -2.49. The Bertz CT molecular complexity index is 474.